The summed E-state index contributed by atoms with van der Waals surface area (Å²) in [4.78, 5) is 12.3. The van der Waals surface area contributed by atoms with Crippen molar-refractivity contribution in [2.24, 2.45) is 11.7 Å². The highest BCUT2D eigenvalue weighted by Gasteiger charge is 2.22. The molecule has 2 rings (SSSR count). The molecule has 1 amide bonds. The first-order valence-corrected chi connectivity index (χ1v) is 7.56. The maximum Gasteiger partial charge on any atom is 0.229 e. The lowest BCUT2D eigenvalue weighted by molar-refractivity contribution is -0.120. The zero-order valence-corrected chi connectivity index (χ0v) is 13.3. The summed E-state index contributed by atoms with van der Waals surface area (Å²) < 4.78 is 18.9. The highest BCUT2D eigenvalue weighted by molar-refractivity contribution is 5.92. The second-order valence-corrected chi connectivity index (χ2v) is 5.29. The molecule has 122 valence electrons. The number of benzene rings is 2. The molecule has 2 unspecified atom stereocenters. The Bertz CT molecular complexity index is 661. The summed E-state index contributed by atoms with van der Waals surface area (Å²) >= 11 is 0. The van der Waals surface area contributed by atoms with E-state index in [0.717, 1.165) is 5.56 Å². The van der Waals surface area contributed by atoms with Gasteiger partial charge in [-0.3, -0.25) is 4.79 Å². The van der Waals surface area contributed by atoms with Crippen LogP contribution in [0.25, 0.3) is 0 Å². The third-order valence-electron chi connectivity index (χ3n) is 3.64. The van der Waals surface area contributed by atoms with E-state index in [9.17, 15) is 9.18 Å². The minimum absolute atomic E-state index is 0.166. The number of nitrogens with one attached hydrogen (secondary N) is 1. The van der Waals surface area contributed by atoms with Gasteiger partial charge in [0.05, 0.1) is 12.5 Å². The molecule has 23 heavy (non-hydrogen) atoms. The molecule has 0 aromatic heterocycles. The quantitative estimate of drug-likeness (QED) is 0.857. The molecule has 0 bridgehead atoms. The number of carbonyl (C=O) groups is 1. The van der Waals surface area contributed by atoms with E-state index < -0.39 is 17.8 Å². The molecule has 0 aliphatic heterocycles. The lowest BCUT2D eigenvalue weighted by atomic mass is 9.94. The lowest BCUT2D eigenvalue weighted by Gasteiger charge is -2.20. The molecular formula is C18H21FN2O2. The van der Waals surface area contributed by atoms with Crippen molar-refractivity contribution in [3.63, 3.8) is 0 Å². The van der Waals surface area contributed by atoms with Crippen LogP contribution in [0.2, 0.25) is 0 Å². The van der Waals surface area contributed by atoms with Gasteiger partial charge < -0.3 is 15.8 Å². The molecule has 0 spiro atoms. The normalized spacial score (nSPS) is 13.2. The maximum absolute atomic E-state index is 13.8. The highest BCUT2D eigenvalue weighted by Crippen LogP contribution is 2.24. The summed E-state index contributed by atoms with van der Waals surface area (Å²) in [6.45, 7) is 3.91. The molecule has 0 saturated heterocycles. The molecule has 5 heteroatoms. The molecular weight excluding hydrogens is 295 g/mol. The topological polar surface area (TPSA) is 64.3 Å². The number of nitrogens with two attached hydrogens (primary N) is 1. The van der Waals surface area contributed by atoms with Crippen molar-refractivity contribution in [1.82, 2.24) is 0 Å². The number of hydrogen-bond acceptors (Lipinski definition) is 3. The monoisotopic (exact) mass is 316 g/mol. The van der Waals surface area contributed by atoms with Crippen LogP contribution in [-0.2, 0) is 4.79 Å². The Morgan fingerprint density at radius 3 is 2.57 bits per heavy atom. The van der Waals surface area contributed by atoms with E-state index in [2.05, 4.69) is 5.32 Å². The molecule has 0 saturated carbocycles. The van der Waals surface area contributed by atoms with Gasteiger partial charge in [-0.2, -0.15) is 0 Å². The third kappa shape index (κ3) is 4.29. The van der Waals surface area contributed by atoms with Crippen LogP contribution in [0, 0.1) is 11.7 Å². The van der Waals surface area contributed by atoms with Gasteiger partial charge in [-0.1, -0.05) is 37.3 Å². The van der Waals surface area contributed by atoms with Crippen LogP contribution >= 0.6 is 0 Å². The number of hydrogen-bond donors (Lipinski definition) is 2. The largest absolute Gasteiger partial charge is 0.491 e. The Hall–Kier alpha value is -2.40. The van der Waals surface area contributed by atoms with E-state index in [4.69, 9.17) is 10.5 Å². The second kappa shape index (κ2) is 7.74. The zero-order chi connectivity index (χ0) is 16.8. The predicted molar refractivity (Wildman–Crippen MR) is 88.7 cm³/mol. The first kappa shape index (κ1) is 17.0. The highest BCUT2D eigenvalue weighted by atomic mass is 19.1. The van der Waals surface area contributed by atoms with Gasteiger partial charge in [0.2, 0.25) is 5.91 Å². The Morgan fingerprint density at radius 1 is 1.26 bits per heavy atom. The van der Waals surface area contributed by atoms with E-state index in [-0.39, 0.29) is 11.7 Å². The van der Waals surface area contributed by atoms with Gasteiger partial charge >= 0.3 is 0 Å². The minimum atomic E-state index is -0.510. The zero-order valence-electron chi connectivity index (χ0n) is 13.3. The molecule has 0 radical (unpaired) electrons. The predicted octanol–water partition coefficient (Wildman–Crippen LogP) is 3.50. The van der Waals surface area contributed by atoms with Gasteiger partial charge in [-0.05, 0) is 24.6 Å². The van der Waals surface area contributed by atoms with E-state index in [1.165, 1.54) is 12.1 Å². The molecule has 3 N–H and O–H groups in total. The van der Waals surface area contributed by atoms with Gasteiger partial charge in [0.1, 0.15) is 0 Å². The smallest absolute Gasteiger partial charge is 0.229 e. The fraction of sp³-hybridized carbons (Fsp3) is 0.278. The number of anilines is 1. The fourth-order valence-corrected chi connectivity index (χ4v) is 2.23. The van der Waals surface area contributed by atoms with E-state index in [0.29, 0.717) is 12.3 Å². The van der Waals surface area contributed by atoms with Gasteiger partial charge in [0.25, 0.3) is 0 Å². The Labute approximate surface area is 135 Å². The molecule has 2 atom stereocenters. The van der Waals surface area contributed by atoms with Gasteiger partial charge in [0.15, 0.2) is 11.6 Å². The van der Waals surface area contributed by atoms with Crippen molar-refractivity contribution < 1.29 is 13.9 Å². The van der Waals surface area contributed by atoms with Crippen LogP contribution in [0.15, 0.2) is 48.5 Å². The third-order valence-corrected chi connectivity index (χ3v) is 3.64. The minimum Gasteiger partial charge on any atom is -0.491 e. The lowest BCUT2D eigenvalue weighted by Crippen LogP contribution is -2.30. The maximum atomic E-state index is 13.8. The molecule has 0 aliphatic carbocycles. The molecule has 0 heterocycles. The van der Waals surface area contributed by atoms with Crippen molar-refractivity contribution in [2.45, 2.75) is 19.9 Å². The van der Waals surface area contributed by atoms with Crippen molar-refractivity contribution in [1.29, 1.82) is 0 Å². The Morgan fingerprint density at radius 2 is 1.96 bits per heavy atom. The SMILES string of the molecule is CCOc1ccc(NC(=O)C(C)C(N)c2ccccc2)cc1F. The van der Waals surface area contributed by atoms with Crippen LogP contribution in [0.3, 0.4) is 0 Å². The molecule has 0 fully saturated rings. The number of carbonyl (C=O) groups excluding carboxylic acids is 1. The van der Waals surface area contributed by atoms with Crippen molar-refractivity contribution in [2.75, 3.05) is 11.9 Å². The Balaban J connectivity index is 2.05. The van der Waals surface area contributed by atoms with Crippen LogP contribution in [0.4, 0.5) is 10.1 Å². The first-order valence-electron chi connectivity index (χ1n) is 7.56. The van der Waals surface area contributed by atoms with Crippen LogP contribution in [0.1, 0.15) is 25.5 Å². The summed E-state index contributed by atoms with van der Waals surface area (Å²) in [5.74, 6) is -1.05. The summed E-state index contributed by atoms with van der Waals surface area (Å²) in [6.07, 6.45) is 0. The standard InChI is InChI=1S/C18H21FN2O2/c1-3-23-16-10-9-14(11-15(16)19)21-18(22)12(2)17(20)13-7-5-4-6-8-13/h4-12,17H,3,20H2,1-2H3,(H,21,22). The average molecular weight is 316 g/mol. The summed E-state index contributed by atoms with van der Waals surface area (Å²) in [5, 5.41) is 2.69. The van der Waals surface area contributed by atoms with Crippen molar-refractivity contribution in [3.05, 3.63) is 59.9 Å². The van der Waals surface area contributed by atoms with Gasteiger partial charge in [-0.15, -0.1) is 0 Å². The van der Waals surface area contributed by atoms with Gasteiger partial charge in [-0.25, -0.2) is 4.39 Å². The summed E-state index contributed by atoms with van der Waals surface area (Å²) in [6, 6.07) is 13.3. The first-order chi connectivity index (χ1) is 11.0. The second-order valence-electron chi connectivity index (χ2n) is 5.29. The van der Waals surface area contributed by atoms with E-state index in [1.54, 1.807) is 19.9 Å². The average Bonchev–Trinajstić information content (AvgIpc) is 2.57. The molecule has 0 aliphatic rings. The number of amides is 1. The van der Waals surface area contributed by atoms with Crippen molar-refractivity contribution in [3.8, 4) is 5.75 Å². The van der Waals surface area contributed by atoms with Crippen LogP contribution < -0.4 is 15.8 Å². The molecule has 4 nitrogen and oxygen atoms in total. The van der Waals surface area contributed by atoms with Gasteiger partial charge in [0, 0.05) is 17.8 Å². The van der Waals surface area contributed by atoms with E-state index in [1.807, 2.05) is 30.3 Å². The van der Waals surface area contributed by atoms with Crippen molar-refractivity contribution >= 4 is 11.6 Å². The summed E-state index contributed by atoms with van der Waals surface area (Å²) in [5.41, 5.74) is 7.39. The fourth-order valence-electron chi connectivity index (χ4n) is 2.23. The number of rotatable bonds is 6. The number of ether oxygens (including phenoxy) is 1. The van der Waals surface area contributed by atoms with Crippen LogP contribution in [-0.4, -0.2) is 12.5 Å². The Kier molecular flexibility index (Phi) is 5.71. The summed E-state index contributed by atoms with van der Waals surface area (Å²) in [7, 11) is 0. The molecule has 2 aromatic carbocycles. The van der Waals surface area contributed by atoms with Crippen LogP contribution in [0.5, 0.6) is 5.75 Å². The van der Waals surface area contributed by atoms with E-state index >= 15 is 0 Å². The number of halogens is 1. The molecule has 2 aromatic rings.